The van der Waals surface area contributed by atoms with Crippen LogP contribution in [0.25, 0.3) is 0 Å². The monoisotopic (exact) mass is 300 g/mol. The van der Waals surface area contributed by atoms with Crippen LogP contribution in [0.4, 0.5) is 0 Å². The average Bonchev–Trinajstić information content (AvgIpc) is 2.45. The maximum absolute atomic E-state index is 11.1. The first-order valence-electron chi connectivity index (χ1n) is 8.34. The van der Waals surface area contributed by atoms with Gasteiger partial charge in [0.05, 0.1) is 7.11 Å². The quantitative estimate of drug-likeness (QED) is 0.373. The summed E-state index contributed by atoms with van der Waals surface area (Å²) in [7, 11) is 1.41. The number of methoxy groups -OCH3 is 1. The molecule has 21 heavy (non-hydrogen) atoms. The summed E-state index contributed by atoms with van der Waals surface area (Å²) in [6.07, 6.45) is 11.3. The zero-order valence-corrected chi connectivity index (χ0v) is 14.0. The van der Waals surface area contributed by atoms with Gasteiger partial charge >= 0.3 is 11.9 Å². The SMILES string of the molecule is CCCCCCCC(CCCCCC(=O)OC)OC(C)=O. The normalized spacial score (nSPS) is 12.0. The van der Waals surface area contributed by atoms with E-state index >= 15 is 0 Å². The Hall–Kier alpha value is -1.06. The lowest BCUT2D eigenvalue weighted by Gasteiger charge is -2.16. The summed E-state index contributed by atoms with van der Waals surface area (Å²) in [5, 5.41) is 0. The predicted octanol–water partition coefficient (Wildman–Crippen LogP) is 4.40. The van der Waals surface area contributed by atoms with Crippen molar-refractivity contribution in [2.24, 2.45) is 0 Å². The van der Waals surface area contributed by atoms with Crippen LogP contribution in [0.2, 0.25) is 0 Å². The number of unbranched alkanes of at least 4 members (excludes halogenated alkanes) is 6. The Morgan fingerprint density at radius 1 is 0.905 bits per heavy atom. The van der Waals surface area contributed by atoms with Gasteiger partial charge in [-0.15, -0.1) is 0 Å². The molecule has 0 aromatic carbocycles. The van der Waals surface area contributed by atoms with Gasteiger partial charge < -0.3 is 9.47 Å². The molecule has 0 aromatic heterocycles. The molecule has 0 aromatic rings. The number of hydrogen-bond acceptors (Lipinski definition) is 4. The Morgan fingerprint density at radius 3 is 2.00 bits per heavy atom. The summed E-state index contributed by atoms with van der Waals surface area (Å²) in [6.45, 7) is 3.68. The minimum Gasteiger partial charge on any atom is -0.469 e. The molecule has 0 N–H and O–H groups in total. The number of ether oxygens (including phenoxy) is 2. The molecule has 0 spiro atoms. The molecule has 1 unspecified atom stereocenters. The van der Waals surface area contributed by atoms with Gasteiger partial charge in [-0.05, 0) is 32.1 Å². The molecule has 0 aliphatic carbocycles. The van der Waals surface area contributed by atoms with Crippen LogP contribution in [0.15, 0.2) is 0 Å². The second kappa shape index (κ2) is 13.9. The van der Waals surface area contributed by atoms with E-state index in [-0.39, 0.29) is 18.0 Å². The average molecular weight is 300 g/mol. The highest BCUT2D eigenvalue weighted by Crippen LogP contribution is 2.16. The minimum absolute atomic E-state index is 0.0438. The summed E-state index contributed by atoms with van der Waals surface area (Å²) >= 11 is 0. The predicted molar refractivity (Wildman–Crippen MR) is 84.0 cm³/mol. The van der Waals surface area contributed by atoms with Gasteiger partial charge in [-0.1, -0.05) is 39.0 Å². The Balaban J connectivity index is 3.74. The fourth-order valence-electron chi connectivity index (χ4n) is 2.39. The van der Waals surface area contributed by atoms with Gasteiger partial charge in [0.15, 0.2) is 0 Å². The molecule has 4 nitrogen and oxygen atoms in total. The first-order valence-corrected chi connectivity index (χ1v) is 8.34. The van der Waals surface area contributed by atoms with Crippen molar-refractivity contribution in [3.63, 3.8) is 0 Å². The molecule has 0 radical (unpaired) electrons. The van der Waals surface area contributed by atoms with Crippen LogP contribution < -0.4 is 0 Å². The smallest absolute Gasteiger partial charge is 0.305 e. The van der Waals surface area contributed by atoms with Crippen LogP contribution >= 0.6 is 0 Å². The van der Waals surface area contributed by atoms with Gasteiger partial charge in [-0.3, -0.25) is 9.59 Å². The van der Waals surface area contributed by atoms with Crippen LogP contribution in [0.1, 0.15) is 84.5 Å². The Bertz CT molecular complexity index is 276. The number of esters is 2. The van der Waals surface area contributed by atoms with Gasteiger partial charge in [0.1, 0.15) is 6.10 Å². The number of hydrogen-bond donors (Lipinski definition) is 0. The standard InChI is InChI=1S/C17H32O4/c1-4-5-6-7-9-12-16(21-15(2)18)13-10-8-11-14-17(19)20-3/h16H,4-14H2,1-3H3. The number of carbonyl (C=O) groups excluding carboxylic acids is 2. The fourth-order valence-corrected chi connectivity index (χ4v) is 2.39. The molecule has 0 amide bonds. The van der Waals surface area contributed by atoms with Crippen molar-refractivity contribution in [2.75, 3.05) is 7.11 Å². The molecule has 1 atom stereocenters. The van der Waals surface area contributed by atoms with Gasteiger partial charge in [-0.2, -0.15) is 0 Å². The minimum atomic E-state index is -0.192. The molecule has 0 saturated carbocycles. The van der Waals surface area contributed by atoms with E-state index in [1.165, 1.54) is 39.7 Å². The van der Waals surface area contributed by atoms with Crippen molar-refractivity contribution in [2.45, 2.75) is 90.6 Å². The largest absolute Gasteiger partial charge is 0.469 e. The lowest BCUT2D eigenvalue weighted by Crippen LogP contribution is -2.16. The molecule has 0 aliphatic heterocycles. The topological polar surface area (TPSA) is 52.6 Å². The highest BCUT2D eigenvalue weighted by atomic mass is 16.5. The molecular weight excluding hydrogens is 268 g/mol. The van der Waals surface area contributed by atoms with E-state index in [2.05, 4.69) is 11.7 Å². The first-order chi connectivity index (χ1) is 10.1. The van der Waals surface area contributed by atoms with E-state index in [9.17, 15) is 9.59 Å². The molecule has 0 heterocycles. The van der Waals surface area contributed by atoms with Crippen molar-refractivity contribution in [3.8, 4) is 0 Å². The molecule has 0 fully saturated rings. The Labute approximate surface area is 129 Å². The van der Waals surface area contributed by atoms with Crippen molar-refractivity contribution < 1.29 is 19.1 Å². The molecule has 0 saturated heterocycles. The molecule has 0 bridgehead atoms. The van der Waals surface area contributed by atoms with E-state index in [1.807, 2.05) is 0 Å². The van der Waals surface area contributed by atoms with E-state index in [0.29, 0.717) is 6.42 Å². The van der Waals surface area contributed by atoms with Gasteiger partial charge in [0.2, 0.25) is 0 Å². The Morgan fingerprint density at radius 2 is 1.48 bits per heavy atom. The second-order valence-electron chi connectivity index (χ2n) is 5.61. The second-order valence-corrected chi connectivity index (χ2v) is 5.61. The van der Waals surface area contributed by atoms with Crippen molar-refractivity contribution >= 4 is 11.9 Å². The highest BCUT2D eigenvalue weighted by Gasteiger charge is 2.11. The summed E-state index contributed by atoms with van der Waals surface area (Å²) in [5.41, 5.74) is 0. The van der Waals surface area contributed by atoms with E-state index in [0.717, 1.165) is 38.5 Å². The summed E-state index contributed by atoms with van der Waals surface area (Å²) in [5.74, 6) is -0.342. The van der Waals surface area contributed by atoms with Gasteiger partial charge in [0.25, 0.3) is 0 Å². The third-order valence-corrected chi connectivity index (χ3v) is 3.60. The van der Waals surface area contributed by atoms with Gasteiger partial charge in [-0.25, -0.2) is 0 Å². The third kappa shape index (κ3) is 13.7. The molecule has 0 aliphatic rings. The fraction of sp³-hybridized carbons (Fsp3) is 0.882. The lowest BCUT2D eigenvalue weighted by atomic mass is 10.0. The summed E-state index contributed by atoms with van der Waals surface area (Å²) < 4.78 is 9.98. The maximum Gasteiger partial charge on any atom is 0.305 e. The van der Waals surface area contributed by atoms with Crippen LogP contribution in [0.5, 0.6) is 0 Å². The van der Waals surface area contributed by atoms with Crippen molar-refractivity contribution in [3.05, 3.63) is 0 Å². The number of rotatable bonds is 13. The molecule has 4 heteroatoms. The van der Waals surface area contributed by atoms with E-state index < -0.39 is 0 Å². The van der Waals surface area contributed by atoms with Crippen LogP contribution in [0, 0.1) is 0 Å². The van der Waals surface area contributed by atoms with Crippen LogP contribution in [-0.4, -0.2) is 25.2 Å². The Kier molecular flexibility index (Phi) is 13.2. The first kappa shape index (κ1) is 19.9. The molecule has 124 valence electrons. The van der Waals surface area contributed by atoms with E-state index in [1.54, 1.807) is 0 Å². The zero-order chi connectivity index (χ0) is 15.9. The summed E-state index contributed by atoms with van der Waals surface area (Å²) in [6, 6.07) is 0. The van der Waals surface area contributed by atoms with Gasteiger partial charge in [0, 0.05) is 13.3 Å². The highest BCUT2D eigenvalue weighted by molar-refractivity contribution is 5.69. The molecular formula is C17H32O4. The number of carbonyl (C=O) groups is 2. The summed E-state index contributed by atoms with van der Waals surface area (Å²) in [4.78, 5) is 22.1. The van der Waals surface area contributed by atoms with Crippen LogP contribution in [-0.2, 0) is 19.1 Å². The van der Waals surface area contributed by atoms with E-state index in [4.69, 9.17) is 4.74 Å². The van der Waals surface area contributed by atoms with Crippen molar-refractivity contribution in [1.29, 1.82) is 0 Å². The van der Waals surface area contributed by atoms with Crippen LogP contribution in [0.3, 0.4) is 0 Å². The zero-order valence-electron chi connectivity index (χ0n) is 14.0. The maximum atomic E-state index is 11.1. The molecule has 0 rings (SSSR count). The lowest BCUT2D eigenvalue weighted by molar-refractivity contribution is -0.147. The third-order valence-electron chi connectivity index (χ3n) is 3.60. The van der Waals surface area contributed by atoms with Crippen molar-refractivity contribution in [1.82, 2.24) is 0 Å².